The van der Waals surface area contributed by atoms with Crippen LogP contribution in [0.25, 0.3) is 11.3 Å². The smallest absolute Gasteiger partial charge is 0.151 e. The number of methoxy groups -OCH3 is 2. The van der Waals surface area contributed by atoms with Crippen LogP contribution < -0.4 is 14.8 Å². The molecule has 3 aromatic rings. The van der Waals surface area contributed by atoms with E-state index in [2.05, 4.69) is 20.5 Å². The second kappa shape index (κ2) is 8.57. The van der Waals surface area contributed by atoms with E-state index in [0.29, 0.717) is 6.04 Å². The highest BCUT2D eigenvalue weighted by Crippen LogP contribution is 2.28. The molecule has 1 N–H and O–H groups in total. The first kappa shape index (κ1) is 19.3. The number of aromatic nitrogens is 3. The fourth-order valence-corrected chi connectivity index (χ4v) is 3.74. The van der Waals surface area contributed by atoms with Gasteiger partial charge in [-0.25, -0.2) is 0 Å². The minimum absolute atomic E-state index is 0.348. The molecule has 3 heterocycles. The SMILES string of the molecule is COc1cc(NC2CCCN(Cc3cc(-c4cnn(C)c4)no3)C2)cc(OC)c1. The number of piperidine rings is 1. The molecule has 0 aliphatic carbocycles. The summed E-state index contributed by atoms with van der Waals surface area (Å²) < 4.78 is 18.1. The third-order valence-electron chi connectivity index (χ3n) is 5.17. The Labute approximate surface area is 170 Å². The van der Waals surface area contributed by atoms with Crippen LogP contribution in [0.2, 0.25) is 0 Å². The molecule has 2 aromatic heterocycles. The summed E-state index contributed by atoms with van der Waals surface area (Å²) in [6.45, 7) is 2.72. The molecule has 8 nitrogen and oxygen atoms in total. The number of anilines is 1. The van der Waals surface area contributed by atoms with Gasteiger partial charge in [0.25, 0.3) is 0 Å². The van der Waals surface area contributed by atoms with Crippen molar-refractivity contribution in [2.75, 3.05) is 32.6 Å². The summed E-state index contributed by atoms with van der Waals surface area (Å²) in [6.07, 6.45) is 5.98. The Morgan fingerprint density at radius 1 is 1.17 bits per heavy atom. The summed E-state index contributed by atoms with van der Waals surface area (Å²) in [7, 11) is 5.22. The highest BCUT2D eigenvalue weighted by Gasteiger charge is 2.22. The minimum Gasteiger partial charge on any atom is -0.497 e. The van der Waals surface area contributed by atoms with Crippen molar-refractivity contribution in [2.45, 2.75) is 25.4 Å². The largest absolute Gasteiger partial charge is 0.497 e. The van der Waals surface area contributed by atoms with Crippen LogP contribution in [0, 0.1) is 0 Å². The van der Waals surface area contributed by atoms with Gasteiger partial charge in [-0.15, -0.1) is 0 Å². The van der Waals surface area contributed by atoms with Gasteiger partial charge in [-0.3, -0.25) is 9.58 Å². The van der Waals surface area contributed by atoms with E-state index in [4.69, 9.17) is 14.0 Å². The van der Waals surface area contributed by atoms with Crippen molar-refractivity contribution in [3.63, 3.8) is 0 Å². The van der Waals surface area contributed by atoms with Gasteiger partial charge >= 0.3 is 0 Å². The van der Waals surface area contributed by atoms with E-state index in [0.717, 1.165) is 66.7 Å². The third kappa shape index (κ3) is 4.71. The molecule has 1 aliphatic rings. The Hall–Kier alpha value is -3.00. The van der Waals surface area contributed by atoms with Crippen molar-refractivity contribution in [3.8, 4) is 22.8 Å². The Morgan fingerprint density at radius 2 is 1.97 bits per heavy atom. The maximum Gasteiger partial charge on any atom is 0.151 e. The number of nitrogens with zero attached hydrogens (tertiary/aromatic N) is 4. The van der Waals surface area contributed by atoms with E-state index in [1.54, 1.807) is 25.1 Å². The molecule has 1 saturated heterocycles. The quantitative estimate of drug-likeness (QED) is 0.656. The van der Waals surface area contributed by atoms with Gasteiger partial charge in [-0.2, -0.15) is 5.10 Å². The van der Waals surface area contributed by atoms with Gasteiger partial charge < -0.3 is 19.3 Å². The van der Waals surface area contributed by atoms with E-state index in [9.17, 15) is 0 Å². The summed E-state index contributed by atoms with van der Waals surface area (Å²) in [5, 5.41) is 12.0. The first-order valence-electron chi connectivity index (χ1n) is 9.79. The molecular weight excluding hydrogens is 370 g/mol. The molecule has 0 saturated carbocycles. The summed E-state index contributed by atoms with van der Waals surface area (Å²) in [6, 6.07) is 8.22. The summed E-state index contributed by atoms with van der Waals surface area (Å²) >= 11 is 0. The van der Waals surface area contributed by atoms with Gasteiger partial charge in [-0.05, 0) is 19.4 Å². The predicted octanol–water partition coefficient (Wildman–Crippen LogP) is 3.17. The Kier molecular flexibility index (Phi) is 5.71. The van der Waals surface area contributed by atoms with Crippen LogP contribution in [0.1, 0.15) is 18.6 Å². The lowest BCUT2D eigenvalue weighted by molar-refractivity contribution is 0.187. The molecule has 1 unspecified atom stereocenters. The van der Waals surface area contributed by atoms with E-state index < -0.39 is 0 Å². The molecule has 0 bridgehead atoms. The van der Waals surface area contributed by atoms with Gasteiger partial charge in [0, 0.05) is 61.3 Å². The number of hydrogen-bond donors (Lipinski definition) is 1. The number of rotatable bonds is 7. The molecule has 1 atom stereocenters. The first-order chi connectivity index (χ1) is 14.1. The fraction of sp³-hybridized carbons (Fsp3) is 0.429. The number of aryl methyl sites for hydroxylation is 1. The molecule has 0 radical (unpaired) electrons. The zero-order valence-electron chi connectivity index (χ0n) is 17.1. The topological polar surface area (TPSA) is 77.6 Å². The van der Waals surface area contributed by atoms with Gasteiger partial charge in [0.05, 0.1) is 27.0 Å². The Morgan fingerprint density at radius 3 is 2.66 bits per heavy atom. The van der Waals surface area contributed by atoms with Gasteiger partial charge in [0.1, 0.15) is 17.2 Å². The number of hydrogen-bond acceptors (Lipinski definition) is 7. The van der Waals surface area contributed by atoms with E-state index in [-0.39, 0.29) is 0 Å². The first-order valence-corrected chi connectivity index (χ1v) is 9.79. The standard InChI is InChI=1S/C21H27N5O3/c1-25-12-15(11-22-25)21-10-20(29-24-21)14-26-6-4-5-16(13-26)23-17-7-18(27-2)9-19(8-17)28-3/h7-12,16,23H,4-6,13-14H2,1-3H3. The average molecular weight is 397 g/mol. The number of benzene rings is 1. The Balaban J connectivity index is 1.38. The average Bonchev–Trinajstić information content (AvgIpc) is 3.36. The van der Waals surface area contributed by atoms with E-state index in [1.165, 1.54) is 0 Å². The summed E-state index contributed by atoms with van der Waals surface area (Å²) in [4.78, 5) is 2.39. The molecule has 29 heavy (non-hydrogen) atoms. The van der Waals surface area contributed by atoms with Crippen LogP contribution in [0.3, 0.4) is 0 Å². The van der Waals surface area contributed by atoms with Crippen LogP contribution in [-0.4, -0.2) is 53.2 Å². The maximum atomic E-state index is 5.56. The van der Waals surface area contributed by atoms with Gasteiger partial charge in [-0.1, -0.05) is 5.16 Å². The highest BCUT2D eigenvalue weighted by molar-refractivity contribution is 5.56. The lowest BCUT2D eigenvalue weighted by Gasteiger charge is -2.33. The maximum absolute atomic E-state index is 5.56. The van der Waals surface area contributed by atoms with Crippen LogP contribution >= 0.6 is 0 Å². The number of ether oxygens (including phenoxy) is 2. The van der Waals surface area contributed by atoms with Crippen LogP contribution in [0.5, 0.6) is 11.5 Å². The molecule has 154 valence electrons. The molecule has 1 fully saturated rings. The zero-order chi connectivity index (χ0) is 20.2. The predicted molar refractivity (Wildman–Crippen MR) is 110 cm³/mol. The molecule has 1 aliphatic heterocycles. The van der Waals surface area contributed by atoms with Crippen molar-refractivity contribution in [1.82, 2.24) is 19.8 Å². The number of nitrogens with one attached hydrogen (secondary N) is 1. The molecule has 1 aromatic carbocycles. The van der Waals surface area contributed by atoms with Gasteiger partial charge in [0.15, 0.2) is 5.76 Å². The van der Waals surface area contributed by atoms with Crippen molar-refractivity contribution < 1.29 is 14.0 Å². The molecule has 4 rings (SSSR count). The van der Waals surface area contributed by atoms with Crippen molar-refractivity contribution in [1.29, 1.82) is 0 Å². The monoisotopic (exact) mass is 397 g/mol. The Bertz CT molecular complexity index is 929. The van der Waals surface area contributed by atoms with Crippen LogP contribution in [0.15, 0.2) is 41.2 Å². The fourth-order valence-electron chi connectivity index (χ4n) is 3.74. The minimum atomic E-state index is 0.348. The second-order valence-electron chi connectivity index (χ2n) is 7.40. The van der Waals surface area contributed by atoms with E-state index >= 15 is 0 Å². The second-order valence-corrected chi connectivity index (χ2v) is 7.40. The lowest BCUT2D eigenvalue weighted by atomic mass is 10.0. The summed E-state index contributed by atoms with van der Waals surface area (Å²) in [5.74, 6) is 2.43. The highest BCUT2D eigenvalue weighted by atomic mass is 16.5. The van der Waals surface area contributed by atoms with Crippen molar-refractivity contribution in [2.24, 2.45) is 7.05 Å². The molecular formula is C21H27N5O3. The van der Waals surface area contributed by atoms with Crippen molar-refractivity contribution in [3.05, 3.63) is 42.4 Å². The van der Waals surface area contributed by atoms with Gasteiger partial charge in [0.2, 0.25) is 0 Å². The third-order valence-corrected chi connectivity index (χ3v) is 5.17. The summed E-state index contributed by atoms with van der Waals surface area (Å²) in [5.41, 5.74) is 2.79. The molecule has 0 amide bonds. The van der Waals surface area contributed by atoms with Crippen molar-refractivity contribution >= 4 is 5.69 Å². The zero-order valence-corrected chi connectivity index (χ0v) is 17.1. The van der Waals surface area contributed by atoms with Crippen LogP contribution in [-0.2, 0) is 13.6 Å². The lowest BCUT2D eigenvalue weighted by Crippen LogP contribution is -2.41. The molecule has 8 heteroatoms. The van der Waals surface area contributed by atoms with Crippen LogP contribution in [0.4, 0.5) is 5.69 Å². The molecule has 0 spiro atoms. The normalized spacial score (nSPS) is 17.3. The number of likely N-dealkylation sites (tertiary alicyclic amines) is 1. The van der Waals surface area contributed by atoms with E-state index in [1.807, 2.05) is 37.5 Å².